The van der Waals surface area contributed by atoms with E-state index in [1.54, 1.807) is 18.6 Å². The van der Waals surface area contributed by atoms with Gasteiger partial charge in [0.05, 0.1) is 23.7 Å². The van der Waals surface area contributed by atoms with Gasteiger partial charge in [0.1, 0.15) is 0 Å². The second-order valence-electron chi connectivity index (χ2n) is 5.21. The van der Waals surface area contributed by atoms with Crippen LogP contribution in [0.5, 0.6) is 0 Å². The first-order valence-corrected chi connectivity index (χ1v) is 7.23. The summed E-state index contributed by atoms with van der Waals surface area (Å²) in [5.74, 6) is 0.708. The third-order valence-electron chi connectivity index (χ3n) is 3.79. The minimum absolute atomic E-state index is 0.708. The van der Waals surface area contributed by atoms with Crippen LogP contribution in [0.1, 0.15) is 5.56 Å². The lowest BCUT2D eigenvalue weighted by molar-refractivity contribution is 0.711. The van der Waals surface area contributed by atoms with E-state index in [4.69, 9.17) is 5.26 Å². The molecule has 4 rings (SSSR count). The number of nitrogens with zero attached hydrogens (tertiary/aromatic N) is 4. The van der Waals surface area contributed by atoms with Crippen LogP contribution in [0, 0.1) is 11.3 Å². The van der Waals surface area contributed by atoms with Crippen molar-refractivity contribution in [3.8, 4) is 6.07 Å². The maximum Gasteiger partial charge on any atom is 0.156 e. The van der Waals surface area contributed by atoms with Crippen molar-refractivity contribution in [2.45, 2.75) is 0 Å². The lowest BCUT2D eigenvalue weighted by Gasteiger charge is -2.26. The van der Waals surface area contributed by atoms with E-state index in [1.165, 1.54) is 11.5 Å². The Balaban J connectivity index is 1.85. The third kappa shape index (κ3) is 2.34. The quantitative estimate of drug-likeness (QED) is 0.750. The van der Waals surface area contributed by atoms with Gasteiger partial charge >= 0.3 is 0 Å². The van der Waals surface area contributed by atoms with Crippen LogP contribution in [-0.2, 0) is 0 Å². The van der Waals surface area contributed by atoms with E-state index in [-0.39, 0.29) is 0 Å². The van der Waals surface area contributed by atoms with Crippen LogP contribution < -0.4 is 0 Å². The Morgan fingerprint density at radius 2 is 1.96 bits per heavy atom. The summed E-state index contributed by atoms with van der Waals surface area (Å²) in [4.78, 5) is 10.6. The summed E-state index contributed by atoms with van der Waals surface area (Å²) in [6, 6.07) is 16.6. The maximum atomic E-state index is 9.03. The Kier molecular flexibility index (Phi) is 3.10. The van der Waals surface area contributed by atoms with Crippen LogP contribution in [0.15, 0.2) is 82.7 Å². The zero-order valence-electron chi connectivity index (χ0n) is 12.2. The second-order valence-corrected chi connectivity index (χ2v) is 5.21. The van der Waals surface area contributed by atoms with Crippen molar-refractivity contribution >= 4 is 28.5 Å². The highest BCUT2D eigenvalue weighted by Gasteiger charge is 2.19. The predicted octanol–water partition coefficient (Wildman–Crippen LogP) is 3.86. The molecule has 23 heavy (non-hydrogen) atoms. The van der Waals surface area contributed by atoms with E-state index < -0.39 is 0 Å². The molecule has 0 aromatic heterocycles. The van der Waals surface area contributed by atoms with E-state index in [0.717, 1.165) is 22.3 Å². The fourth-order valence-electron chi connectivity index (χ4n) is 2.69. The largest absolute Gasteiger partial charge is 0.298 e. The molecule has 108 valence electrons. The van der Waals surface area contributed by atoms with Crippen LogP contribution in [0.3, 0.4) is 0 Å². The molecule has 0 N–H and O–H groups in total. The zero-order valence-corrected chi connectivity index (χ0v) is 12.2. The van der Waals surface area contributed by atoms with Gasteiger partial charge in [0.25, 0.3) is 0 Å². The van der Waals surface area contributed by atoms with Gasteiger partial charge in [0.15, 0.2) is 5.84 Å². The Labute approximate surface area is 133 Å². The molecule has 0 bridgehead atoms. The summed E-state index contributed by atoms with van der Waals surface area (Å²) < 4.78 is 0. The van der Waals surface area contributed by atoms with Crippen molar-refractivity contribution in [1.82, 2.24) is 4.90 Å². The molecular formula is C19H12N4. The summed E-state index contributed by atoms with van der Waals surface area (Å²) in [6.45, 7) is 0. The van der Waals surface area contributed by atoms with Crippen molar-refractivity contribution in [1.29, 1.82) is 5.26 Å². The standard InChI is InChI=1S/C19H12N4/c20-8-7-17-12-18(22-19-13-21-9-10-23(17)19)16-6-5-14-3-1-2-4-15(14)11-16/h1-7,9-13H/b17-7-. The first-order valence-electron chi connectivity index (χ1n) is 7.23. The summed E-state index contributed by atoms with van der Waals surface area (Å²) >= 11 is 0. The van der Waals surface area contributed by atoms with Gasteiger partial charge in [-0.2, -0.15) is 5.26 Å². The van der Waals surface area contributed by atoms with Crippen molar-refractivity contribution in [3.63, 3.8) is 0 Å². The fourth-order valence-corrected chi connectivity index (χ4v) is 2.69. The van der Waals surface area contributed by atoms with E-state index in [1.807, 2.05) is 29.2 Å². The molecule has 2 heterocycles. The van der Waals surface area contributed by atoms with Gasteiger partial charge in [0.2, 0.25) is 0 Å². The zero-order chi connectivity index (χ0) is 15.6. The highest BCUT2D eigenvalue weighted by atomic mass is 15.2. The van der Waals surface area contributed by atoms with Gasteiger partial charge < -0.3 is 0 Å². The van der Waals surface area contributed by atoms with Crippen LogP contribution in [0.4, 0.5) is 0 Å². The molecule has 0 atom stereocenters. The van der Waals surface area contributed by atoms with Gasteiger partial charge in [-0.05, 0) is 22.9 Å². The Morgan fingerprint density at radius 1 is 1.09 bits per heavy atom. The fraction of sp³-hybridized carbons (Fsp3) is 0. The van der Waals surface area contributed by atoms with Gasteiger partial charge in [-0.25, -0.2) is 4.99 Å². The molecule has 0 amide bonds. The normalized spacial score (nSPS) is 17.7. The summed E-state index contributed by atoms with van der Waals surface area (Å²) in [7, 11) is 0. The van der Waals surface area contributed by atoms with E-state index in [0.29, 0.717) is 5.84 Å². The van der Waals surface area contributed by atoms with Gasteiger partial charge in [-0.3, -0.25) is 9.89 Å². The van der Waals surface area contributed by atoms with Crippen LogP contribution in [0.2, 0.25) is 0 Å². The number of amidine groups is 1. The van der Waals surface area contributed by atoms with Crippen molar-refractivity contribution < 1.29 is 0 Å². The minimum Gasteiger partial charge on any atom is -0.298 e. The molecule has 0 spiro atoms. The number of benzene rings is 2. The maximum absolute atomic E-state index is 9.03. The molecule has 2 aliphatic heterocycles. The molecule has 0 saturated heterocycles. The molecule has 2 aromatic rings. The predicted molar refractivity (Wildman–Crippen MR) is 92.5 cm³/mol. The van der Waals surface area contributed by atoms with Crippen LogP contribution in [0.25, 0.3) is 16.5 Å². The SMILES string of the molecule is N#C/C=C1/C=C(c2ccc3ccccc3c2)N=C2C=NC=CN21. The molecule has 0 radical (unpaired) electrons. The first-order chi connectivity index (χ1) is 11.3. The Morgan fingerprint density at radius 3 is 2.83 bits per heavy atom. The van der Waals surface area contributed by atoms with E-state index >= 15 is 0 Å². The lowest BCUT2D eigenvalue weighted by Crippen LogP contribution is -2.29. The monoisotopic (exact) mass is 296 g/mol. The Bertz CT molecular complexity index is 984. The van der Waals surface area contributed by atoms with E-state index in [2.05, 4.69) is 40.3 Å². The lowest BCUT2D eigenvalue weighted by atomic mass is 10.0. The highest BCUT2D eigenvalue weighted by molar-refractivity contribution is 6.32. The topological polar surface area (TPSA) is 51.8 Å². The molecule has 4 heteroatoms. The number of rotatable bonds is 1. The molecule has 0 saturated carbocycles. The van der Waals surface area contributed by atoms with Crippen LogP contribution in [-0.4, -0.2) is 17.0 Å². The number of hydrogen-bond acceptors (Lipinski definition) is 4. The van der Waals surface area contributed by atoms with Gasteiger partial charge in [-0.1, -0.05) is 36.4 Å². The average molecular weight is 296 g/mol. The molecule has 2 aliphatic rings. The van der Waals surface area contributed by atoms with Crippen LogP contribution >= 0.6 is 0 Å². The Hall–Kier alpha value is -3.45. The van der Waals surface area contributed by atoms with Crippen molar-refractivity contribution in [2.24, 2.45) is 9.98 Å². The van der Waals surface area contributed by atoms with E-state index in [9.17, 15) is 0 Å². The smallest absolute Gasteiger partial charge is 0.156 e. The molecular weight excluding hydrogens is 284 g/mol. The third-order valence-corrected chi connectivity index (χ3v) is 3.79. The molecule has 2 aromatic carbocycles. The summed E-state index contributed by atoms with van der Waals surface area (Å²) in [5, 5.41) is 11.4. The number of aliphatic imine (C=N–C) groups is 2. The highest BCUT2D eigenvalue weighted by Crippen LogP contribution is 2.28. The number of nitriles is 1. The minimum atomic E-state index is 0.708. The molecule has 0 unspecified atom stereocenters. The molecule has 4 nitrogen and oxygen atoms in total. The average Bonchev–Trinajstić information content (AvgIpc) is 2.61. The van der Waals surface area contributed by atoms with Crippen molar-refractivity contribution in [3.05, 3.63) is 78.3 Å². The number of fused-ring (bicyclic) bond motifs is 2. The molecule has 0 aliphatic carbocycles. The second kappa shape index (κ2) is 5.39. The molecule has 0 fully saturated rings. The summed E-state index contributed by atoms with van der Waals surface area (Å²) in [5.41, 5.74) is 2.62. The number of allylic oxidation sites excluding steroid dienone is 2. The van der Waals surface area contributed by atoms with Gasteiger partial charge in [0, 0.05) is 24.0 Å². The number of hydrogen-bond donors (Lipinski definition) is 0. The van der Waals surface area contributed by atoms with Gasteiger partial charge in [-0.15, -0.1) is 0 Å². The van der Waals surface area contributed by atoms with Crippen molar-refractivity contribution in [2.75, 3.05) is 0 Å². The summed E-state index contributed by atoms with van der Waals surface area (Å²) in [6.07, 6.45) is 8.60. The first kappa shape index (κ1) is 13.2.